The Hall–Kier alpha value is -4.54. The molecule has 1 aliphatic carbocycles. The maximum atomic E-state index is 13.6. The van der Waals surface area contributed by atoms with Crippen LogP contribution < -0.4 is 31.4 Å². The van der Waals surface area contributed by atoms with Crippen molar-refractivity contribution in [2.75, 3.05) is 18.5 Å². The van der Waals surface area contributed by atoms with Crippen LogP contribution in [-0.2, 0) is 22.7 Å². The van der Waals surface area contributed by atoms with E-state index < -0.39 is 36.2 Å². The summed E-state index contributed by atoms with van der Waals surface area (Å²) < 4.78 is 18.9. The van der Waals surface area contributed by atoms with E-state index in [1.54, 1.807) is 42.5 Å². The largest absolute Gasteiger partial charge is 0.486 e. The second-order valence-electron chi connectivity index (χ2n) is 9.49. The number of furan rings is 1. The van der Waals surface area contributed by atoms with E-state index >= 15 is 0 Å². The third-order valence-corrected chi connectivity index (χ3v) is 6.89. The van der Waals surface area contributed by atoms with Crippen LogP contribution in [0, 0.1) is 0 Å². The van der Waals surface area contributed by atoms with Crippen molar-refractivity contribution in [2.24, 2.45) is 0 Å². The van der Waals surface area contributed by atoms with E-state index in [1.165, 1.54) is 4.57 Å². The van der Waals surface area contributed by atoms with Gasteiger partial charge in [-0.3, -0.25) is 19.0 Å². The normalized spacial score (nSPS) is 15.2. The number of rotatable bonds is 6. The molecule has 0 bridgehead atoms. The number of para-hydroxylation sites is 1. The highest BCUT2D eigenvalue weighted by Gasteiger charge is 2.24. The number of hydrogen-bond acceptors (Lipinski definition) is 7. The maximum absolute atomic E-state index is 13.6. The zero-order valence-electron chi connectivity index (χ0n) is 20.5. The topological polar surface area (TPSA) is 134 Å². The van der Waals surface area contributed by atoms with Gasteiger partial charge in [-0.2, -0.15) is 0 Å². The van der Waals surface area contributed by atoms with Crippen LogP contribution in [0.1, 0.15) is 25.7 Å². The first-order chi connectivity index (χ1) is 18.5. The molecule has 2 N–H and O–H groups in total. The number of benzene rings is 2. The summed E-state index contributed by atoms with van der Waals surface area (Å²) >= 11 is 0. The highest BCUT2D eigenvalue weighted by Crippen LogP contribution is 2.32. The van der Waals surface area contributed by atoms with Crippen molar-refractivity contribution < 1.29 is 23.5 Å². The molecule has 0 atom stereocenters. The van der Waals surface area contributed by atoms with Gasteiger partial charge in [-0.15, -0.1) is 0 Å². The van der Waals surface area contributed by atoms with Gasteiger partial charge < -0.3 is 24.5 Å². The molecule has 0 unspecified atom stereocenters. The summed E-state index contributed by atoms with van der Waals surface area (Å²) in [6.45, 7) is -0.0192. The average molecular weight is 519 g/mol. The minimum absolute atomic E-state index is 0.0344. The number of fused-ring (bicyclic) bond motifs is 4. The summed E-state index contributed by atoms with van der Waals surface area (Å²) in [5.74, 6) is 0.158. The lowest BCUT2D eigenvalue weighted by Crippen LogP contribution is -2.46. The molecule has 0 radical (unpaired) electrons. The number of aromatic nitrogens is 2. The molecule has 2 aliphatic rings. The monoisotopic (exact) mass is 518 g/mol. The molecule has 11 heteroatoms. The standard InChI is InChI=1S/C27H26N4O7/c32-22(29-17-9-10-20-21(13-17)37-12-11-36-20)14-30-24-18-7-3-4-8-19(18)38-25(24)26(34)31(27(30)35)15-23(33)28-16-5-1-2-6-16/h3-4,7-10,13,16H,1-2,5-6,11-12,14-15H2,(H,28,33)(H,29,32). The maximum Gasteiger partial charge on any atom is 0.332 e. The van der Waals surface area contributed by atoms with Crippen molar-refractivity contribution in [2.45, 2.75) is 44.8 Å². The lowest BCUT2D eigenvalue weighted by atomic mass is 10.2. The Balaban J connectivity index is 1.36. The third-order valence-electron chi connectivity index (χ3n) is 6.89. The van der Waals surface area contributed by atoms with Crippen molar-refractivity contribution >= 4 is 39.6 Å². The fraction of sp³-hybridized carbons (Fsp3) is 0.333. The van der Waals surface area contributed by atoms with E-state index in [4.69, 9.17) is 13.9 Å². The van der Waals surface area contributed by atoms with Gasteiger partial charge in [0.2, 0.25) is 17.4 Å². The van der Waals surface area contributed by atoms with Gasteiger partial charge in [0, 0.05) is 23.2 Å². The number of hydrogen-bond donors (Lipinski definition) is 2. The van der Waals surface area contributed by atoms with Crippen LogP contribution in [-0.4, -0.2) is 40.2 Å². The first-order valence-corrected chi connectivity index (χ1v) is 12.6. The Morgan fingerprint density at radius 2 is 1.63 bits per heavy atom. The molecule has 6 rings (SSSR count). The van der Waals surface area contributed by atoms with Gasteiger partial charge >= 0.3 is 5.69 Å². The number of amides is 2. The number of carbonyl (C=O) groups excluding carboxylic acids is 2. The fourth-order valence-corrected chi connectivity index (χ4v) is 5.13. The molecule has 2 amide bonds. The lowest BCUT2D eigenvalue weighted by molar-refractivity contribution is -0.122. The van der Waals surface area contributed by atoms with E-state index in [2.05, 4.69) is 10.6 Å². The Kier molecular flexibility index (Phi) is 6.10. The lowest BCUT2D eigenvalue weighted by Gasteiger charge is -2.19. The predicted molar refractivity (Wildman–Crippen MR) is 139 cm³/mol. The second kappa shape index (κ2) is 9.73. The minimum atomic E-state index is -0.770. The summed E-state index contributed by atoms with van der Waals surface area (Å²) in [5.41, 5.74) is -0.510. The Labute approximate surface area is 215 Å². The molecule has 2 aromatic heterocycles. The predicted octanol–water partition coefficient (Wildman–Crippen LogP) is 2.38. The molecular formula is C27H26N4O7. The van der Waals surface area contributed by atoms with E-state index in [0.29, 0.717) is 41.4 Å². The van der Waals surface area contributed by atoms with Crippen molar-refractivity contribution in [3.63, 3.8) is 0 Å². The molecule has 3 heterocycles. The summed E-state index contributed by atoms with van der Waals surface area (Å²) in [6, 6.07) is 11.9. The number of carbonyl (C=O) groups is 2. The number of nitrogens with one attached hydrogen (secondary N) is 2. The van der Waals surface area contributed by atoms with Crippen LogP contribution in [0.2, 0.25) is 0 Å². The van der Waals surface area contributed by atoms with Gasteiger partial charge in [-0.05, 0) is 37.1 Å². The van der Waals surface area contributed by atoms with Crippen molar-refractivity contribution in [1.29, 1.82) is 0 Å². The average Bonchev–Trinajstić information content (AvgIpc) is 3.57. The molecule has 38 heavy (non-hydrogen) atoms. The first kappa shape index (κ1) is 23.8. The van der Waals surface area contributed by atoms with Crippen LogP contribution in [0.3, 0.4) is 0 Å². The second-order valence-corrected chi connectivity index (χ2v) is 9.49. The highest BCUT2D eigenvalue weighted by atomic mass is 16.6. The molecule has 4 aromatic rings. The van der Waals surface area contributed by atoms with Crippen LogP contribution in [0.15, 0.2) is 56.5 Å². The third kappa shape index (κ3) is 4.40. The Morgan fingerprint density at radius 3 is 2.45 bits per heavy atom. The Morgan fingerprint density at radius 1 is 0.895 bits per heavy atom. The molecule has 0 spiro atoms. The quantitative estimate of drug-likeness (QED) is 0.400. The van der Waals surface area contributed by atoms with Gasteiger partial charge in [0.05, 0.1) is 0 Å². The first-order valence-electron chi connectivity index (χ1n) is 12.6. The van der Waals surface area contributed by atoms with E-state index in [-0.39, 0.29) is 17.1 Å². The van der Waals surface area contributed by atoms with Gasteiger partial charge in [0.15, 0.2) is 11.5 Å². The van der Waals surface area contributed by atoms with Gasteiger partial charge in [-0.25, -0.2) is 9.36 Å². The van der Waals surface area contributed by atoms with Crippen LogP contribution in [0.4, 0.5) is 5.69 Å². The Bertz CT molecular complexity index is 1680. The summed E-state index contributed by atoms with van der Waals surface area (Å²) in [5, 5.41) is 6.18. The highest BCUT2D eigenvalue weighted by molar-refractivity contribution is 6.03. The van der Waals surface area contributed by atoms with Crippen molar-refractivity contribution in [3.05, 3.63) is 63.3 Å². The van der Waals surface area contributed by atoms with E-state index in [0.717, 1.165) is 30.3 Å². The van der Waals surface area contributed by atoms with Crippen molar-refractivity contribution in [1.82, 2.24) is 14.5 Å². The minimum Gasteiger partial charge on any atom is -0.486 e. The molecule has 196 valence electrons. The zero-order chi connectivity index (χ0) is 26.2. The molecule has 11 nitrogen and oxygen atoms in total. The fourth-order valence-electron chi connectivity index (χ4n) is 5.13. The summed E-state index contributed by atoms with van der Waals surface area (Å²) in [7, 11) is 0. The van der Waals surface area contributed by atoms with Gasteiger partial charge in [0.25, 0.3) is 5.56 Å². The smallest absolute Gasteiger partial charge is 0.332 e. The molecule has 1 fully saturated rings. The molecule has 1 saturated carbocycles. The number of anilines is 1. The SMILES string of the molecule is O=C(Cn1c(=O)n(CC(=O)NC2CCCC2)c(=O)c2oc3ccccc3c21)Nc1ccc2c(c1)OCCO2. The number of nitrogens with zero attached hydrogens (tertiary/aromatic N) is 2. The molecule has 0 saturated heterocycles. The zero-order valence-corrected chi connectivity index (χ0v) is 20.5. The summed E-state index contributed by atoms with van der Waals surface area (Å²) in [4.78, 5) is 52.7. The van der Waals surface area contributed by atoms with Gasteiger partial charge in [0.1, 0.15) is 37.4 Å². The van der Waals surface area contributed by atoms with Crippen LogP contribution in [0.5, 0.6) is 11.5 Å². The molecule has 1 aliphatic heterocycles. The summed E-state index contributed by atoms with van der Waals surface area (Å²) in [6.07, 6.45) is 3.79. The van der Waals surface area contributed by atoms with Crippen LogP contribution >= 0.6 is 0 Å². The van der Waals surface area contributed by atoms with Crippen molar-refractivity contribution in [3.8, 4) is 11.5 Å². The molecular weight excluding hydrogens is 492 g/mol. The molecule has 2 aromatic carbocycles. The van der Waals surface area contributed by atoms with Gasteiger partial charge in [-0.1, -0.05) is 25.0 Å². The number of ether oxygens (including phenoxy) is 2. The van der Waals surface area contributed by atoms with Crippen LogP contribution in [0.25, 0.3) is 22.1 Å². The van der Waals surface area contributed by atoms with E-state index in [9.17, 15) is 19.2 Å². The van der Waals surface area contributed by atoms with E-state index in [1.807, 2.05) is 0 Å².